The highest BCUT2D eigenvalue weighted by atomic mass is 35.5. The van der Waals surface area contributed by atoms with Crippen molar-refractivity contribution in [1.29, 1.82) is 0 Å². The van der Waals surface area contributed by atoms with Crippen LogP contribution in [0.1, 0.15) is 12.6 Å². The fourth-order valence-electron chi connectivity index (χ4n) is 1.84. The van der Waals surface area contributed by atoms with E-state index in [1.807, 2.05) is 12.1 Å². The van der Waals surface area contributed by atoms with Crippen LogP contribution in [0.2, 0.25) is 5.02 Å². The SMILES string of the molecule is CC1COCCN1c1ccc(Cl)c(CN)n1. The normalized spacial score (nSPS) is 21.2. The number of morpholine rings is 1. The Hall–Kier alpha value is -0.840. The van der Waals surface area contributed by atoms with E-state index in [0.29, 0.717) is 17.6 Å². The fraction of sp³-hybridized carbons (Fsp3) is 0.545. The molecule has 1 aliphatic heterocycles. The highest BCUT2D eigenvalue weighted by Crippen LogP contribution is 2.21. The molecule has 0 aromatic carbocycles. The minimum atomic E-state index is 0.341. The summed E-state index contributed by atoms with van der Waals surface area (Å²) in [5, 5.41) is 0.632. The molecule has 1 fully saturated rings. The molecule has 0 spiro atoms. The molecule has 4 nitrogen and oxygen atoms in total. The van der Waals surface area contributed by atoms with Crippen LogP contribution in [0.15, 0.2) is 12.1 Å². The van der Waals surface area contributed by atoms with Gasteiger partial charge in [-0.3, -0.25) is 0 Å². The summed E-state index contributed by atoms with van der Waals surface area (Å²) in [7, 11) is 0. The number of aromatic nitrogens is 1. The van der Waals surface area contributed by atoms with Crippen LogP contribution in [0.25, 0.3) is 0 Å². The number of nitrogens with two attached hydrogens (primary N) is 1. The van der Waals surface area contributed by atoms with Crippen molar-refractivity contribution in [2.45, 2.75) is 19.5 Å². The Morgan fingerprint density at radius 3 is 3.12 bits per heavy atom. The van der Waals surface area contributed by atoms with Crippen molar-refractivity contribution in [2.75, 3.05) is 24.7 Å². The minimum absolute atomic E-state index is 0.341. The molecule has 1 aromatic heterocycles. The van der Waals surface area contributed by atoms with Gasteiger partial charge in [0.05, 0.1) is 30.0 Å². The van der Waals surface area contributed by atoms with Gasteiger partial charge in [-0.25, -0.2) is 4.98 Å². The smallest absolute Gasteiger partial charge is 0.129 e. The van der Waals surface area contributed by atoms with Crippen molar-refractivity contribution in [3.05, 3.63) is 22.8 Å². The average molecular weight is 242 g/mol. The zero-order valence-electron chi connectivity index (χ0n) is 9.32. The molecule has 0 radical (unpaired) electrons. The summed E-state index contributed by atoms with van der Waals surface area (Å²) in [6.45, 7) is 4.83. The third-order valence-electron chi connectivity index (χ3n) is 2.76. The lowest BCUT2D eigenvalue weighted by atomic mass is 10.2. The molecule has 16 heavy (non-hydrogen) atoms. The second-order valence-corrected chi connectivity index (χ2v) is 4.33. The lowest BCUT2D eigenvalue weighted by Gasteiger charge is -2.34. The standard InChI is InChI=1S/C11H16ClN3O/c1-8-7-16-5-4-15(8)11-3-2-9(12)10(6-13)14-11/h2-3,8H,4-7,13H2,1H3. The zero-order chi connectivity index (χ0) is 11.5. The average Bonchev–Trinajstić information content (AvgIpc) is 2.31. The van der Waals surface area contributed by atoms with Crippen molar-refractivity contribution in [3.63, 3.8) is 0 Å². The molecule has 0 bridgehead atoms. The van der Waals surface area contributed by atoms with E-state index in [4.69, 9.17) is 22.1 Å². The van der Waals surface area contributed by atoms with Gasteiger partial charge in [-0.2, -0.15) is 0 Å². The Morgan fingerprint density at radius 1 is 1.62 bits per heavy atom. The van der Waals surface area contributed by atoms with Crippen LogP contribution in [0.5, 0.6) is 0 Å². The van der Waals surface area contributed by atoms with Crippen LogP contribution < -0.4 is 10.6 Å². The molecule has 1 aromatic rings. The molecule has 0 amide bonds. The summed E-state index contributed by atoms with van der Waals surface area (Å²) in [6.07, 6.45) is 0. The molecular formula is C11H16ClN3O. The lowest BCUT2D eigenvalue weighted by Crippen LogP contribution is -2.44. The van der Waals surface area contributed by atoms with E-state index in [-0.39, 0.29) is 0 Å². The van der Waals surface area contributed by atoms with E-state index in [1.54, 1.807) is 0 Å². The predicted octanol–water partition coefficient (Wildman–Crippen LogP) is 1.42. The molecule has 0 aliphatic carbocycles. The number of halogens is 1. The first-order valence-electron chi connectivity index (χ1n) is 5.42. The summed E-state index contributed by atoms with van der Waals surface area (Å²) in [6, 6.07) is 4.13. The highest BCUT2D eigenvalue weighted by Gasteiger charge is 2.20. The first-order valence-corrected chi connectivity index (χ1v) is 5.80. The molecule has 2 N–H and O–H groups in total. The van der Waals surface area contributed by atoms with E-state index in [1.165, 1.54) is 0 Å². The number of pyridine rings is 1. The summed E-state index contributed by atoms with van der Waals surface area (Å²) in [5.74, 6) is 0.931. The molecule has 1 atom stereocenters. The van der Waals surface area contributed by atoms with Crippen molar-refractivity contribution >= 4 is 17.4 Å². The Morgan fingerprint density at radius 2 is 2.44 bits per heavy atom. The molecule has 1 aliphatic rings. The number of rotatable bonds is 2. The lowest BCUT2D eigenvalue weighted by molar-refractivity contribution is 0.0985. The maximum absolute atomic E-state index is 5.99. The van der Waals surface area contributed by atoms with E-state index in [2.05, 4.69) is 16.8 Å². The molecule has 88 valence electrons. The van der Waals surface area contributed by atoms with Crippen molar-refractivity contribution in [1.82, 2.24) is 4.98 Å². The third kappa shape index (κ3) is 2.29. The van der Waals surface area contributed by atoms with Gasteiger partial charge in [0.2, 0.25) is 0 Å². The van der Waals surface area contributed by atoms with Crippen molar-refractivity contribution in [3.8, 4) is 0 Å². The molecule has 1 saturated heterocycles. The second-order valence-electron chi connectivity index (χ2n) is 3.92. The van der Waals surface area contributed by atoms with Crippen molar-refractivity contribution < 1.29 is 4.74 Å². The Bertz CT molecular complexity index is 372. The van der Waals surface area contributed by atoms with Crippen LogP contribution >= 0.6 is 11.6 Å². The Balaban J connectivity index is 2.25. The van der Waals surface area contributed by atoms with Crippen LogP contribution in [-0.2, 0) is 11.3 Å². The van der Waals surface area contributed by atoms with Crippen LogP contribution in [0.4, 0.5) is 5.82 Å². The van der Waals surface area contributed by atoms with Crippen molar-refractivity contribution in [2.24, 2.45) is 5.73 Å². The summed E-state index contributed by atoms with van der Waals surface area (Å²) in [4.78, 5) is 6.70. The summed E-state index contributed by atoms with van der Waals surface area (Å²) >= 11 is 5.99. The molecule has 2 rings (SSSR count). The minimum Gasteiger partial charge on any atom is -0.377 e. The summed E-state index contributed by atoms with van der Waals surface area (Å²) in [5.41, 5.74) is 6.34. The van der Waals surface area contributed by atoms with Gasteiger partial charge in [-0.1, -0.05) is 11.6 Å². The number of hydrogen-bond donors (Lipinski definition) is 1. The molecule has 5 heteroatoms. The number of hydrogen-bond acceptors (Lipinski definition) is 4. The van der Waals surface area contributed by atoms with Gasteiger partial charge in [-0.05, 0) is 19.1 Å². The Kier molecular flexibility index (Phi) is 3.63. The summed E-state index contributed by atoms with van der Waals surface area (Å²) < 4.78 is 5.39. The number of anilines is 1. The molecule has 2 heterocycles. The third-order valence-corrected chi connectivity index (χ3v) is 3.10. The van der Waals surface area contributed by atoms with Gasteiger partial charge in [0.15, 0.2) is 0 Å². The maximum atomic E-state index is 5.99. The van der Waals surface area contributed by atoms with E-state index < -0.39 is 0 Å². The molecular weight excluding hydrogens is 226 g/mol. The van der Waals surface area contributed by atoms with Gasteiger partial charge in [-0.15, -0.1) is 0 Å². The van der Waals surface area contributed by atoms with Gasteiger partial charge in [0.25, 0.3) is 0 Å². The molecule has 1 unspecified atom stereocenters. The quantitative estimate of drug-likeness (QED) is 0.851. The van der Waals surface area contributed by atoms with E-state index in [0.717, 1.165) is 31.3 Å². The zero-order valence-corrected chi connectivity index (χ0v) is 10.1. The first-order chi connectivity index (χ1) is 7.72. The Labute approximate surface area is 100 Å². The van der Waals surface area contributed by atoms with Crippen LogP contribution in [0, 0.1) is 0 Å². The molecule has 0 saturated carbocycles. The van der Waals surface area contributed by atoms with E-state index in [9.17, 15) is 0 Å². The van der Waals surface area contributed by atoms with Gasteiger partial charge < -0.3 is 15.4 Å². The van der Waals surface area contributed by atoms with E-state index >= 15 is 0 Å². The van der Waals surface area contributed by atoms with Crippen LogP contribution in [0.3, 0.4) is 0 Å². The fourth-order valence-corrected chi connectivity index (χ4v) is 2.03. The second kappa shape index (κ2) is 4.99. The van der Waals surface area contributed by atoms with Crippen LogP contribution in [-0.4, -0.2) is 30.8 Å². The highest BCUT2D eigenvalue weighted by molar-refractivity contribution is 6.31. The van der Waals surface area contributed by atoms with Gasteiger partial charge in [0.1, 0.15) is 5.82 Å². The largest absolute Gasteiger partial charge is 0.377 e. The monoisotopic (exact) mass is 241 g/mol. The van der Waals surface area contributed by atoms with Gasteiger partial charge in [0, 0.05) is 13.1 Å². The predicted molar refractivity (Wildman–Crippen MR) is 64.8 cm³/mol. The van der Waals surface area contributed by atoms with Gasteiger partial charge >= 0.3 is 0 Å². The number of nitrogens with zero attached hydrogens (tertiary/aromatic N) is 2. The number of ether oxygens (including phenoxy) is 1. The topological polar surface area (TPSA) is 51.4 Å². The first kappa shape index (κ1) is 11.6. The maximum Gasteiger partial charge on any atom is 0.129 e.